The van der Waals surface area contributed by atoms with Crippen LogP contribution in [0.1, 0.15) is 52.1 Å². The zero-order valence-electron chi connectivity index (χ0n) is 17.4. The predicted molar refractivity (Wildman–Crippen MR) is 118 cm³/mol. The van der Waals surface area contributed by atoms with Gasteiger partial charge in [0, 0.05) is 0 Å². The Labute approximate surface area is 178 Å². The molecule has 0 aliphatic carbocycles. The molecule has 0 spiro atoms. The Hall–Kier alpha value is -3.06. The molecule has 1 aliphatic heterocycles. The molecule has 2 aromatic carbocycles. The fourth-order valence-corrected chi connectivity index (χ4v) is 4.92. The van der Waals surface area contributed by atoms with Gasteiger partial charge in [-0.25, -0.2) is 4.98 Å². The summed E-state index contributed by atoms with van der Waals surface area (Å²) in [5.74, 6) is -1.13. The van der Waals surface area contributed by atoms with Crippen molar-refractivity contribution < 1.29 is 14.4 Å². The largest absolute Gasteiger partial charge is 0.300 e. The molecule has 30 heavy (non-hydrogen) atoms. The van der Waals surface area contributed by atoms with Gasteiger partial charge in [0.1, 0.15) is 6.04 Å². The standard InChI is InChI=1S/C23H23N3O3S/c1-12(2)9-17(26-21(28)15-7-5-6-8-16(15)22(26)29)20(27)25-23-24-19-14(4)10-13(3)11-18(19)30-23/h5-8,10-12,17H,9H2,1-4H3,(H,24,25,27). The third-order valence-electron chi connectivity index (χ3n) is 5.19. The quantitative estimate of drug-likeness (QED) is 0.613. The first-order valence-electron chi connectivity index (χ1n) is 9.92. The van der Waals surface area contributed by atoms with Crippen molar-refractivity contribution in [1.29, 1.82) is 0 Å². The summed E-state index contributed by atoms with van der Waals surface area (Å²) in [5, 5.41) is 3.32. The number of aromatic nitrogens is 1. The van der Waals surface area contributed by atoms with Gasteiger partial charge in [-0.1, -0.05) is 43.4 Å². The topological polar surface area (TPSA) is 79.4 Å². The number of rotatable bonds is 5. The Balaban J connectivity index is 1.65. The van der Waals surface area contributed by atoms with Crippen LogP contribution >= 0.6 is 11.3 Å². The monoisotopic (exact) mass is 421 g/mol. The van der Waals surface area contributed by atoms with E-state index in [2.05, 4.69) is 10.3 Å². The molecule has 6 nitrogen and oxygen atoms in total. The number of nitrogens with zero attached hydrogens (tertiary/aromatic N) is 2. The average Bonchev–Trinajstić information content (AvgIpc) is 3.19. The van der Waals surface area contributed by atoms with Crippen molar-refractivity contribution in [2.24, 2.45) is 5.92 Å². The lowest BCUT2D eigenvalue weighted by molar-refractivity contribution is -0.120. The number of fused-ring (bicyclic) bond motifs is 2. The van der Waals surface area contributed by atoms with E-state index in [1.165, 1.54) is 11.3 Å². The molecule has 154 valence electrons. The summed E-state index contributed by atoms with van der Waals surface area (Å²) in [4.78, 5) is 44.7. The summed E-state index contributed by atoms with van der Waals surface area (Å²) < 4.78 is 0.990. The molecule has 2 heterocycles. The average molecular weight is 422 g/mol. The van der Waals surface area contributed by atoms with Gasteiger partial charge in [-0.05, 0) is 55.5 Å². The molecule has 1 aliphatic rings. The number of hydrogen-bond acceptors (Lipinski definition) is 5. The summed E-state index contributed by atoms with van der Waals surface area (Å²) >= 11 is 1.39. The molecule has 3 amide bonds. The van der Waals surface area contributed by atoms with Gasteiger partial charge >= 0.3 is 0 Å². The van der Waals surface area contributed by atoms with Crippen molar-refractivity contribution in [3.05, 3.63) is 58.7 Å². The third-order valence-corrected chi connectivity index (χ3v) is 6.11. The molecule has 1 atom stereocenters. The second-order valence-electron chi connectivity index (χ2n) is 8.11. The minimum Gasteiger partial charge on any atom is -0.300 e. The number of aryl methyl sites for hydroxylation is 2. The van der Waals surface area contributed by atoms with E-state index >= 15 is 0 Å². The maximum Gasteiger partial charge on any atom is 0.262 e. The molecule has 1 N–H and O–H groups in total. The van der Waals surface area contributed by atoms with Crippen molar-refractivity contribution >= 4 is 44.4 Å². The first kappa shape index (κ1) is 20.2. The molecule has 0 fully saturated rings. The molecule has 1 aromatic heterocycles. The molecule has 7 heteroatoms. The van der Waals surface area contributed by atoms with Gasteiger partial charge < -0.3 is 5.32 Å². The number of thiazole rings is 1. The molecular formula is C23H23N3O3S. The molecule has 1 unspecified atom stereocenters. The first-order chi connectivity index (χ1) is 14.3. The lowest BCUT2D eigenvalue weighted by Gasteiger charge is -2.26. The number of benzene rings is 2. The van der Waals surface area contributed by atoms with E-state index in [4.69, 9.17) is 0 Å². The summed E-state index contributed by atoms with van der Waals surface area (Å²) in [7, 11) is 0. The van der Waals surface area contributed by atoms with Gasteiger partial charge in [-0.3, -0.25) is 19.3 Å². The zero-order chi connectivity index (χ0) is 21.6. The number of hydrogen-bond donors (Lipinski definition) is 1. The number of imide groups is 1. The highest BCUT2D eigenvalue weighted by molar-refractivity contribution is 7.22. The number of nitrogens with one attached hydrogen (secondary N) is 1. The maximum atomic E-state index is 13.2. The van der Waals surface area contributed by atoms with Crippen LogP contribution in [0, 0.1) is 19.8 Å². The van der Waals surface area contributed by atoms with Crippen molar-refractivity contribution in [2.75, 3.05) is 5.32 Å². The molecule has 4 rings (SSSR count). The summed E-state index contributed by atoms with van der Waals surface area (Å²) in [6.07, 6.45) is 0.375. The van der Waals surface area contributed by atoms with Crippen LogP contribution in [0.15, 0.2) is 36.4 Å². The second-order valence-corrected chi connectivity index (χ2v) is 9.14. The minimum absolute atomic E-state index is 0.116. The predicted octanol–water partition coefficient (Wildman–Crippen LogP) is 4.56. The first-order valence-corrected chi connectivity index (χ1v) is 10.7. The van der Waals surface area contributed by atoms with Crippen LogP contribution < -0.4 is 5.32 Å². The van der Waals surface area contributed by atoms with Crippen molar-refractivity contribution in [3.8, 4) is 0 Å². The second kappa shape index (κ2) is 7.65. The lowest BCUT2D eigenvalue weighted by atomic mass is 10.0. The van der Waals surface area contributed by atoms with Gasteiger partial charge in [0.2, 0.25) is 5.91 Å². The van der Waals surface area contributed by atoms with E-state index in [-0.39, 0.29) is 5.92 Å². The van der Waals surface area contributed by atoms with E-state index < -0.39 is 23.8 Å². The van der Waals surface area contributed by atoms with Crippen LogP contribution in [-0.4, -0.2) is 33.6 Å². The highest BCUT2D eigenvalue weighted by Gasteiger charge is 2.42. The van der Waals surface area contributed by atoms with Crippen LogP contribution in [0.4, 0.5) is 5.13 Å². The zero-order valence-corrected chi connectivity index (χ0v) is 18.2. The van der Waals surface area contributed by atoms with E-state index in [1.807, 2.05) is 39.8 Å². The molecular weight excluding hydrogens is 398 g/mol. The third kappa shape index (κ3) is 3.50. The van der Waals surface area contributed by atoms with Gasteiger partial charge in [0.05, 0.1) is 21.3 Å². The number of amides is 3. The molecule has 0 saturated carbocycles. The Morgan fingerprint density at radius 3 is 2.33 bits per heavy atom. The normalized spacial score (nSPS) is 14.5. The highest BCUT2D eigenvalue weighted by atomic mass is 32.1. The maximum absolute atomic E-state index is 13.2. The summed E-state index contributed by atoms with van der Waals surface area (Å²) in [5.41, 5.74) is 3.71. The highest BCUT2D eigenvalue weighted by Crippen LogP contribution is 2.31. The lowest BCUT2D eigenvalue weighted by Crippen LogP contribution is -2.47. The van der Waals surface area contributed by atoms with Crippen molar-refractivity contribution in [3.63, 3.8) is 0 Å². The van der Waals surface area contributed by atoms with E-state index in [9.17, 15) is 14.4 Å². The van der Waals surface area contributed by atoms with Crippen LogP contribution in [-0.2, 0) is 4.79 Å². The SMILES string of the molecule is Cc1cc(C)c2nc(NC(=O)C(CC(C)C)N3C(=O)c4ccccc4C3=O)sc2c1. The van der Waals surface area contributed by atoms with E-state index in [1.54, 1.807) is 24.3 Å². The Kier molecular flexibility index (Phi) is 5.15. The number of carbonyl (C=O) groups excluding carboxylic acids is 3. The number of anilines is 1. The van der Waals surface area contributed by atoms with Crippen LogP contribution in [0.2, 0.25) is 0 Å². The fourth-order valence-electron chi connectivity index (χ4n) is 3.88. The molecule has 0 bridgehead atoms. The van der Waals surface area contributed by atoms with Gasteiger partial charge in [-0.2, -0.15) is 0 Å². The smallest absolute Gasteiger partial charge is 0.262 e. The van der Waals surface area contributed by atoms with Gasteiger partial charge in [-0.15, -0.1) is 0 Å². The van der Waals surface area contributed by atoms with Crippen molar-refractivity contribution in [2.45, 2.75) is 40.2 Å². The summed E-state index contributed by atoms with van der Waals surface area (Å²) in [6.45, 7) is 7.93. The van der Waals surface area contributed by atoms with Crippen LogP contribution in [0.5, 0.6) is 0 Å². The molecule has 0 radical (unpaired) electrons. The number of carbonyl (C=O) groups is 3. The minimum atomic E-state index is -0.896. The van der Waals surface area contributed by atoms with Gasteiger partial charge in [0.15, 0.2) is 5.13 Å². The van der Waals surface area contributed by atoms with E-state index in [0.29, 0.717) is 22.7 Å². The molecule has 0 saturated heterocycles. The van der Waals surface area contributed by atoms with Crippen LogP contribution in [0.3, 0.4) is 0 Å². The fraction of sp³-hybridized carbons (Fsp3) is 0.304. The summed E-state index contributed by atoms with van der Waals surface area (Å²) in [6, 6.07) is 9.87. The van der Waals surface area contributed by atoms with Gasteiger partial charge in [0.25, 0.3) is 11.8 Å². The molecule has 3 aromatic rings. The van der Waals surface area contributed by atoms with E-state index in [0.717, 1.165) is 26.2 Å². The van der Waals surface area contributed by atoms with Crippen LogP contribution in [0.25, 0.3) is 10.2 Å². The Morgan fingerprint density at radius 1 is 1.10 bits per heavy atom. The Morgan fingerprint density at radius 2 is 1.73 bits per heavy atom. The van der Waals surface area contributed by atoms with Crippen molar-refractivity contribution in [1.82, 2.24) is 9.88 Å². The Bertz CT molecular complexity index is 1150.